The normalized spacial score (nSPS) is 22.0. The lowest BCUT2D eigenvalue weighted by Gasteiger charge is -2.36. The Morgan fingerprint density at radius 1 is 0.762 bits per heavy atom. The second-order valence-electron chi connectivity index (χ2n) is 6.67. The molecule has 0 saturated heterocycles. The van der Waals surface area contributed by atoms with Crippen molar-refractivity contribution in [1.29, 1.82) is 0 Å². The SMILES string of the molecule is CC(C)C1c2ccccc2C(c2ccccc2)N1C(C)C. The fourth-order valence-corrected chi connectivity index (χ4v) is 3.82. The molecular formula is C20H25N. The molecule has 0 aliphatic carbocycles. The van der Waals surface area contributed by atoms with Crippen LogP contribution in [0.2, 0.25) is 0 Å². The molecule has 0 spiro atoms. The summed E-state index contributed by atoms with van der Waals surface area (Å²) in [6.07, 6.45) is 0. The van der Waals surface area contributed by atoms with E-state index < -0.39 is 0 Å². The molecule has 1 aliphatic heterocycles. The number of rotatable bonds is 3. The van der Waals surface area contributed by atoms with E-state index in [4.69, 9.17) is 0 Å². The fourth-order valence-electron chi connectivity index (χ4n) is 3.82. The highest BCUT2D eigenvalue weighted by molar-refractivity contribution is 5.44. The maximum Gasteiger partial charge on any atom is 0.0612 e. The minimum absolute atomic E-state index is 0.384. The van der Waals surface area contributed by atoms with E-state index in [2.05, 4.69) is 87.2 Å². The summed E-state index contributed by atoms with van der Waals surface area (Å²) < 4.78 is 0. The third-order valence-corrected chi connectivity index (χ3v) is 4.57. The molecule has 0 N–H and O–H groups in total. The number of hydrogen-bond donors (Lipinski definition) is 0. The molecule has 21 heavy (non-hydrogen) atoms. The summed E-state index contributed by atoms with van der Waals surface area (Å²) in [5.74, 6) is 0.613. The van der Waals surface area contributed by atoms with Crippen LogP contribution in [0.4, 0.5) is 0 Å². The van der Waals surface area contributed by atoms with Gasteiger partial charge in [-0.1, -0.05) is 68.4 Å². The van der Waals surface area contributed by atoms with E-state index in [0.29, 0.717) is 24.0 Å². The predicted octanol–water partition coefficient (Wildman–Crippen LogP) is 5.20. The predicted molar refractivity (Wildman–Crippen MR) is 89.3 cm³/mol. The van der Waals surface area contributed by atoms with Crippen LogP contribution in [0.25, 0.3) is 0 Å². The van der Waals surface area contributed by atoms with Crippen LogP contribution in [0.1, 0.15) is 56.5 Å². The van der Waals surface area contributed by atoms with E-state index in [1.807, 2.05) is 0 Å². The van der Waals surface area contributed by atoms with Crippen molar-refractivity contribution < 1.29 is 0 Å². The number of benzene rings is 2. The first kappa shape index (κ1) is 14.3. The molecule has 1 nitrogen and oxygen atoms in total. The van der Waals surface area contributed by atoms with Gasteiger partial charge < -0.3 is 0 Å². The Hall–Kier alpha value is -1.60. The van der Waals surface area contributed by atoms with Crippen LogP contribution in [-0.2, 0) is 0 Å². The molecule has 0 fully saturated rings. The Morgan fingerprint density at radius 2 is 1.33 bits per heavy atom. The first-order valence-corrected chi connectivity index (χ1v) is 8.02. The number of nitrogens with zero attached hydrogens (tertiary/aromatic N) is 1. The lowest BCUT2D eigenvalue weighted by molar-refractivity contribution is 0.108. The van der Waals surface area contributed by atoms with Crippen LogP contribution < -0.4 is 0 Å². The van der Waals surface area contributed by atoms with Crippen LogP contribution in [0.5, 0.6) is 0 Å². The Kier molecular flexibility index (Phi) is 3.86. The molecule has 1 heteroatoms. The van der Waals surface area contributed by atoms with Gasteiger partial charge in [0.15, 0.2) is 0 Å². The monoisotopic (exact) mass is 279 g/mol. The highest BCUT2D eigenvalue weighted by Crippen LogP contribution is 2.49. The van der Waals surface area contributed by atoms with E-state index in [9.17, 15) is 0 Å². The van der Waals surface area contributed by atoms with E-state index in [-0.39, 0.29) is 0 Å². The van der Waals surface area contributed by atoms with Gasteiger partial charge in [0.25, 0.3) is 0 Å². The summed E-state index contributed by atoms with van der Waals surface area (Å²) in [5, 5.41) is 0. The second-order valence-corrected chi connectivity index (χ2v) is 6.67. The molecule has 0 radical (unpaired) electrons. The molecule has 0 aromatic heterocycles. The molecule has 2 aromatic carbocycles. The zero-order valence-corrected chi connectivity index (χ0v) is 13.5. The van der Waals surface area contributed by atoms with E-state index in [1.165, 1.54) is 16.7 Å². The quantitative estimate of drug-likeness (QED) is 0.746. The summed E-state index contributed by atoms with van der Waals surface area (Å²) in [4.78, 5) is 2.69. The van der Waals surface area contributed by atoms with Gasteiger partial charge in [-0.15, -0.1) is 0 Å². The zero-order chi connectivity index (χ0) is 15.0. The minimum Gasteiger partial charge on any atom is -0.283 e. The largest absolute Gasteiger partial charge is 0.283 e. The van der Waals surface area contributed by atoms with Crippen LogP contribution in [0.3, 0.4) is 0 Å². The summed E-state index contributed by atoms with van der Waals surface area (Å²) >= 11 is 0. The Morgan fingerprint density at radius 3 is 1.90 bits per heavy atom. The highest BCUT2D eigenvalue weighted by Gasteiger charge is 2.41. The molecular weight excluding hydrogens is 254 g/mol. The lowest BCUT2D eigenvalue weighted by atomic mass is 9.94. The van der Waals surface area contributed by atoms with E-state index in [1.54, 1.807) is 0 Å². The average molecular weight is 279 g/mol. The highest BCUT2D eigenvalue weighted by atomic mass is 15.2. The van der Waals surface area contributed by atoms with Gasteiger partial charge >= 0.3 is 0 Å². The molecule has 110 valence electrons. The second kappa shape index (κ2) is 5.65. The molecule has 0 amide bonds. The van der Waals surface area contributed by atoms with E-state index in [0.717, 1.165) is 0 Å². The van der Waals surface area contributed by atoms with Crippen molar-refractivity contribution >= 4 is 0 Å². The van der Waals surface area contributed by atoms with Gasteiger partial charge in [0.2, 0.25) is 0 Å². The molecule has 1 aliphatic rings. The topological polar surface area (TPSA) is 3.24 Å². The van der Waals surface area contributed by atoms with Crippen molar-refractivity contribution in [2.75, 3.05) is 0 Å². The minimum atomic E-state index is 0.384. The molecule has 0 saturated carbocycles. The molecule has 0 bridgehead atoms. The van der Waals surface area contributed by atoms with Crippen LogP contribution in [-0.4, -0.2) is 10.9 Å². The Labute approximate surface area is 128 Å². The molecule has 2 aromatic rings. The lowest BCUT2D eigenvalue weighted by Crippen LogP contribution is -2.35. The van der Waals surface area contributed by atoms with Gasteiger partial charge in [-0.3, -0.25) is 4.90 Å². The Bertz CT molecular complexity index is 600. The van der Waals surface area contributed by atoms with E-state index >= 15 is 0 Å². The van der Waals surface area contributed by atoms with Gasteiger partial charge in [0.1, 0.15) is 0 Å². The maximum absolute atomic E-state index is 2.69. The third kappa shape index (κ3) is 2.40. The first-order valence-electron chi connectivity index (χ1n) is 8.02. The van der Waals surface area contributed by atoms with Crippen molar-refractivity contribution in [2.24, 2.45) is 5.92 Å². The Balaban J connectivity index is 2.17. The summed E-state index contributed by atoms with van der Waals surface area (Å²) in [6.45, 7) is 9.31. The smallest absolute Gasteiger partial charge is 0.0612 e. The molecule has 3 rings (SSSR count). The summed E-state index contributed by atoms with van der Waals surface area (Å²) in [6, 6.07) is 21.3. The van der Waals surface area contributed by atoms with Crippen molar-refractivity contribution in [1.82, 2.24) is 4.90 Å². The van der Waals surface area contributed by atoms with Gasteiger partial charge in [0, 0.05) is 12.1 Å². The fraction of sp³-hybridized carbons (Fsp3) is 0.400. The summed E-state index contributed by atoms with van der Waals surface area (Å²) in [5.41, 5.74) is 4.40. The van der Waals surface area contributed by atoms with Crippen molar-refractivity contribution in [3.8, 4) is 0 Å². The van der Waals surface area contributed by atoms with Crippen molar-refractivity contribution in [3.05, 3.63) is 71.3 Å². The zero-order valence-electron chi connectivity index (χ0n) is 13.5. The third-order valence-electron chi connectivity index (χ3n) is 4.57. The number of hydrogen-bond acceptors (Lipinski definition) is 1. The number of fused-ring (bicyclic) bond motifs is 1. The van der Waals surface area contributed by atoms with Gasteiger partial charge in [-0.05, 0) is 36.5 Å². The molecule has 2 atom stereocenters. The van der Waals surface area contributed by atoms with Gasteiger partial charge in [-0.25, -0.2) is 0 Å². The van der Waals surface area contributed by atoms with Gasteiger partial charge in [0.05, 0.1) is 6.04 Å². The molecule has 1 heterocycles. The van der Waals surface area contributed by atoms with Crippen molar-refractivity contribution in [2.45, 2.75) is 45.8 Å². The average Bonchev–Trinajstić information content (AvgIpc) is 2.83. The first-order chi connectivity index (χ1) is 10.1. The van der Waals surface area contributed by atoms with Crippen LogP contribution >= 0.6 is 0 Å². The van der Waals surface area contributed by atoms with Gasteiger partial charge in [-0.2, -0.15) is 0 Å². The standard InChI is InChI=1S/C20H25N/c1-14(2)19-17-12-8-9-13-18(17)20(21(19)15(3)4)16-10-6-5-7-11-16/h5-15,19-20H,1-4H3. The maximum atomic E-state index is 2.69. The van der Waals surface area contributed by atoms with Crippen LogP contribution in [0.15, 0.2) is 54.6 Å². The van der Waals surface area contributed by atoms with Crippen molar-refractivity contribution in [3.63, 3.8) is 0 Å². The van der Waals surface area contributed by atoms with Crippen LogP contribution in [0, 0.1) is 5.92 Å². The molecule has 2 unspecified atom stereocenters. The summed E-state index contributed by atoms with van der Waals surface area (Å²) in [7, 11) is 0.